The van der Waals surface area contributed by atoms with Crippen molar-refractivity contribution in [3.63, 3.8) is 0 Å². The third-order valence-corrected chi connectivity index (χ3v) is 5.88. The summed E-state index contributed by atoms with van der Waals surface area (Å²) >= 11 is 6.37. The van der Waals surface area contributed by atoms with Gasteiger partial charge < -0.3 is 15.0 Å². The summed E-state index contributed by atoms with van der Waals surface area (Å²) in [6, 6.07) is 7.32. The third kappa shape index (κ3) is 7.82. The van der Waals surface area contributed by atoms with E-state index in [0.717, 1.165) is 0 Å². The average Bonchev–Trinajstić information content (AvgIpc) is 2.85. The van der Waals surface area contributed by atoms with Crippen molar-refractivity contribution >= 4 is 17.5 Å². The van der Waals surface area contributed by atoms with Gasteiger partial charge in [-0.1, -0.05) is 29.8 Å². The molecule has 210 valence electrons. The minimum absolute atomic E-state index is 0.0354. The largest absolute Gasteiger partial charge is 0.463 e. The molecule has 0 unspecified atom stereocenters. The Kier molecular flexibility index (Phi) is 9.44. The van der Waals surface area contributed by atoms with Gasteiger partial charge >= 0.3 is 18.4 Å². The van der Waals surface area contributed by atoms with Gasteiger partial charge in [0.1, 0.15) is 5.69 Å². The van der Waals surface area contributed by atoms with Crippen molar-refractivity contribution in [3.8, 4) is 17.1 Å². The summed E-state index contributed by atoms with van der Waals surface area (Å²) in [5.74, 6) is -0.674. The summed E-state index contributed by atoms with van der Waals surface area (Å²) in [5.41, 5.74) is -3.15. The van der Waals surface area contributed by atoms with E-state index in [1.807, 2.05) is 19.0 Å². The number of nitrogens with zero attached hydrogens (tertiary/aromatic N) is 3. The van der Waals surface area contributed by atoms with Gasteiger partial charge in [-0.3, -0.25) is 4.79 Å². The first-order chi connectivity index (χ1) is 18.2. The fraction of sp³-hybridized carbons (Fsp3) is 0.346. The van der Waals surface area contributed by atoms with E-state index < -0.39 is 35.8 Å². The standard InChI is InChI=1S/C26H25ClF6N4O2/c1-34-23(38)22-21(18-7-4-5-8-19(18)27)20(35-24(36-22)39-10-6-9-37(2)3)13-15-11-16(25(28,29)30)14-17(12-15)26(31,32)33/h4-5,7-8,11-12,14H,6,9-10,13H2,1-3H3,(H,34,38). The predicted octanol–water partition coefficient (Wildman–Crippen LogP) is 6.12. The van der Waals surface area contributed by atoms with E-state index in [-0.39, 0.29) is 51.8 Å². The van der Waals surface area contributed by atoms with Crippen molar-refractivity contribution in [2.24, 2.45) is 0 Å². The molecule has 0 radical (unpaired) electrons. The van der Waals surface area contributed by atoms with Crippen molar-refractivity contribution < 1.29 is 35.9 Å². The molecule has 0 saturated carbocycles. The van der Waals surface area contributed by atoms with Crippen LogP contribution in [0.25, 0.3) is 11.1 Å². The molecule has 1 aromatic heterocycles. The zero-order chi connectivity index (χ0) is 29.0. The number of rotatable bonds is 9. The smallest absolute Gasteiger partial charge is 0.416 e. The highest BCUT2D eigenvalue weighted by Crippen LogP contribution is 2.38. The lowest BCUT2D eigenvalue weighted by Gasteiger charge is -2.18. The molecule has 0 spiro atoms. The lowest BCUT2D eigenvalue weighted by molar-refractivity contribution is -0.143. The lowest BCUT2D eigenvalue weighted by atomic mass is 9.95. The Balaban J connectivity index is 2.23. The van der Waals surface area contributed by atoms with Gasteiger partial charge in [0, 0.05) is 36.2 Å². The van der Waals surface area contributed by atoms with Crippen LogP contribution in [0.2, 0.25) is 5.02 Å². The number of benzene rings is 2. The summed E-state index contributed by atoms with van der Waals surface area (Å²) in [5, 5.41) is 2.61. The van der Waals surface area contributed by atoms with Crippen LogP contribution < -0.4 is 10.1 Å². The Morgan fingerprint density at radius 3 is 2.15 bits per heavy atom. The topological polar surface area (TPSA) is 67.3 Å². The lowest BCUT2D eigenvalue weighted by Crippen LogP contribution is -2.23. The number of alkyl halides is 6. The molecule has 0 atom stereocenters. The van der Waals surface area contributed by atoms with Crippen molar-refractivity contribution in [1.29, 1.82) is 0 Å². The minimum atomic E-state index is -5.03. The second kappa shape index (κ2) is 12.2. The molecule has 6 nitrogen and oxygen atoms in total. The van der Waals surface area contributed by atoms with E-state index in [4.69, 9.17) is 16.3 Å². The van der Waals surface area contributed by atoms with Crippen LogP contribution in [0.1, 0.15) is 39.3 Å². The molecular formula is C26H25ClF6N4O2. The first-order valence-corrected chi connectivity index (χ1v) is 12.0. The number of nitrogens with one attached hydrogen (secondary N) is 1. The van der Waals surface area contributed by atoms with Crippen LogP contribution in [0.3, 0.4) is 0 Å². The highest BCUT2D eigenvalue weighted by molar-refractivity contribution is 6.33. The number of hydrogen-bond donors (Lipinski definition) is 1. The molecule has 0 saturated heterocycles. The minimum Gasteiger partial charge on any atom is -0.463 e. The van der Waals surface area contributed by atoms with Gasteiger partial charge in [-0.15, -0.1) is 0 Å². The molecule has 3 aromatic rings. The van der Waals surface area contributed by atoms with E-state index in [9.17, 15) is 31.1 Å². The van der Waals surface area contributed by atoms with Crippen molar-refractivity contribution in [1.82, 2.24) is 20.2 Å². The molecule has 0 bridgehead atoms. The Morgan fingerprint density at radius 1 is 1.00 bits per heavy atom. The maximum Gasteiger partial charge on any atom is 0.416 e. The van der Waals surface area contributed by atoms with Crippen molar-refractivity contribution in [2.45, 2.75) is 25.2 Å². The first-order valence-electron chi connectivity index (χ1n) is 11.6. The molecule has 1 N–H and O–H groups in total. The predicted molar refractivity (Wildman–Crippen MR) is 134 cm³/mol. The Morgan fingerprint density at radius 2 is 1.62 bits per heavy atom. The number of ether oxygens (including phenoxy) is 1. The average molecular weight is 575 g/mol. The second-order valence-corrected chi connectivity index (χ2v) is 9.24. The molecule has 3 rings (SSSR count). The summed E-state index contributed by atoms with van der Waals surface area (Å²) in [6.07, 6.45) is -9.99. The van der Waals surface area contributed by atoms with E-state index in [1.54, 1.807) is 18.2 Å². The van der Waals surface area contributed by atoms with Crippen LogP contribution in [0.5, 0.6) is 6.01 Å². The number of halogens is 7. The molecule has 0 aliphatic carbocycles. The fourth-order valence-electron chi connectivity index (χ4n) is 3.77. The van der Waals surface area contributed by atoms with Gasteiger partial charge in [-0.25, -0.2) is 0 Å². The van der Waals surface area contributed by atoms with Crippen molar-refractivity contribution in [3.05, 3.63) is 75.6 Å². The van der Waals surface area contributed by atoms with Gasteiger partial charge in [0.25, 0.3) is 5.91 Å². The summed E-state index contributed by atoms with van der Waals surface area (Å²) in [7, 11) is 5.07. The number of amides is 1. The molecule has 0 fully saturated rings. The quantitative estimate of drug-likeness (QED) is 0.247. The highest BCUT2D eigenvalue weighted by Gasteiger charge is 2.37. The molecule has 1 heterocycles. The van der Waals surface area contributed by atoms with Crippen LogP contribution in [0.4, 0.5) is 26.3 Å². The van der Waals surface area contributed by atoms with Crippen LogP contribution in [0, 0.1) is 0 Å². The molecule has 39 heavy (non-hydrogen) atoms. The van der Waals surface area contributed by atoms with Gasteiger partial charge in [-0.2, -0.15) is 36.3 Å². The molecule has 1 amide bonds. The van der Waals surface area contributed by atoms with E-state index >= 15 is 0 Å². The number of hydrogen-bond acceptors (Lipinski definition) is 5. The Hall–Kier alpha value is -3.38. The monoisotopic (exact) mass is 574 g/mol. The van der Waals surface area contributed by atoms with Crippen LogP contribution >= 0.6 is 11.6 Å². The van der Waals surface area contributed by atoms with Crippen LogP contribution in [-0.2, 0) is 18.8 Å². The summed E-state index contributed by atoms with van der Waals surface area (Å²) < 4.78 is 86.6. The first kappa shape index (κ1) is 30.2. The van der Waals surface area contributed by atoms with E-state index in [1.165, 1.54) is 13.1 Å². The number of aromatic nitrogens is 2. The molecule has 0 aliphatic rings. The van der Waals surface area contributed by atoms with Gasteiger partial charge in [0.2, 0.25) is 0 Å². The second-order valence-electron chi connectivity index (χ2n) is 8.83. The number of carbonyl (C=O) groups excluding carboxylic acids is 1. The van der Waals surface area contributed by atoms with Crippen LogP contribution in [-0.4, -0.2) is 55.1 Å². The van der Waals surface area contributed by atoms with Crippen molar-refractivity contribution in [2.75, 3.05) is 34.3 Å². The summed E-state index contributed by atoms with van der Waals surface area (Å²) in [6.45, 7) is 0.815. The maximum atomic E-state index is 13.5. The fourth-order valence-corrected chi connectivity index (χ4v) is 4.00. The molecule has 0 aliphatic heterocycles. The van der Waals surface area contributed by atoms with E-state index in [2.05, 4.69) is 15.3 Å². The van der Waals surface area contributed by atoms with Gasteiger partial charge in [-0.05, 0) is 50.3 Å². The van der Waals surface area contributed by atoms with Gasteiger partial charge in [0.05, 0.1) is 23.4 Å². The normalized spacial score (nSPS) is 12.1. The van der Waals surface area contributed by atoms with E-state index in [0.29, 0.717) is 25.1 Å². The molecule has 13 heteroatoms. The zero-order valence-corrected chi connectivity index (χ0v) is 21.9. The van der Waals surface area contributed by atoms with Crippen LogP contribution in [0.15, 0.2) is 42.5 Å². The zero-order valence-electron chi connectivity index (χ0n) is 21.2. The molecular weight excluding hydrogens is 550 g/mol. The SMILES string of the molecule is CNC(=O)c1nc(OCCCN(C)C)nc(Cc2cc(C(F)(F)F)cc(C(F)(F)F)c2)c1-c1ccccc1Cl. The Labute approximate surface area is 226 Å². The maximum absolute atomic E-state index is 13.5. The summed E-state index contributed by atoms with van der Waals surface area (Å²) in [4.78, 5) is 23.3. The Bertz CT molecular complexity index is 1300. The third-order valence-electron chi connectivity index (χ3n) is 5.55. The molecule has 2 aromatic carbocycles. The highest BCUT2D eigenvalue weighted by atomic mass is 35.5. The number of carbonyl (C=O) groups is 1. The van der Waals surface area contributed by atoms with Gasteiger partial charge in [0.15, 0.2) is 0 Å².